The Morgan fingerprint density at radius 3 is 2.35 bits per heavy atom. The SMILES string of the molecule is S=C(Nc1ccc(Cl)cc1)N1CCC(Cc2ccccc2)CC1. The number of nitrogens with zero attached hydrogens (tertiary/aromatic N) is 1. The molecule has 1 aliphatic rings. The van der Waals surface area contributed by atoms with E-state index in [1.54, 1.807) is 0 Å². The summed E-state index contributed by atoms with van der Waals surface area (Å²) in [6.07, 6.45) is 3.56. The molecule has 0 aliphatic carbocycles. The van der Waals surface area contributed by atoms with Crippen LogP contribution in [0.2, 0.25) is 5.02 Å². The van der Waals surface area contributed by atoms with E-state index in [4.69, 9.17) is 23.8 Å². The molecule has 2 nitrogen and oxygen atoms in total. The third-order valence-corrected chi connectivity index (χ3v) is 4.98. The minimum absolute atomic E-state index is 0.739. The van der Waals surface area contributed by atoms with Crippen LogP contribution in [0.3, 0.4) is 0 Å². The van der Waals surface area contributed by atoms with Gasteiger partial charge in [0.2, 0.25) is 0 Å². The molecule has 0 unspecified atom stereocenters. The Balaban J connectivity index is 1.48. The molecule has 1 N–H and O–H groups in total. The number of benzene rings is 2. The molecule has 0 radical (unpaired) electrons. The van der Waals surface area contributed by atoms with Crippen molar-refractivity contribution in [1.29, 1.82) is 0 Å². The number of anilines is 1. The summed E-state index contributed by atoms with van der Waals surface area (Å²) in [6, 6.07) is 18.4. The van der Waals surface area contributed by atoms with E-state index >= 15 is 0 Å². The normalized spacial score (nSPS) is 15.4. The highest BCUT2D eigenvalue weighted by molar-refractivity contribution is 7.80. The fraction of sp³-hybridized carbons (Fsp3) is 0.316. The smallest absolute Gasteiger partial charge is 0.173 e. The van der Waals surface area contributed by atoms with Crippen molar-refractivity contribution >= 4 is 34.6 Å². The summed E-state index contributed by atoms with van der Waals surface area (Å²) in [6.45, 7) is 2.05. The average molecular weight is 345 g/mol. The van der Waals surface area contributed by atoms with E-state index in [9.17, 15) is 0 Å². The first-order chi connectivity index (χ1) is 11.2. The maximum atomic E-state index is 5.91. The molecule has 0 atom stereocenters. The number of rotatable bonds is 3. The van der Waals surface area contributed by atoms with E-state index in [0.717, 1.165) is 34.8 Å². The van der Waals surface area contributed by atoms with Gasteiger partial charge in [-0.25, -0.2) is 0 Å². The Hall–Kier alpha value is -1.58. The first-order valence-corrected chi connectivity index (χ1v) is 8.85. The topological polar surface area (TPSA) is 15.3 Å². The summed E-state index contributed by atoms with van der Waals surface area (Å²) < 4.78 is 0. The Bertz CT molecular complexity index is 634. The fourth-order valence-electron chi connectivity index (χ4n) is 3.02. The molecule has 0 aromatic heterocycles. The molecule has 1 heterocycles. The zero-order valence-electron chi connectivity index (χ0n) is 13.0. The van der Waals surface area contributed by atoms with Crippen LogP contribution in [0.25, 0.3) is 0 Å². The van der Waals surface area contributed by atoms with E-state index in [-0.39, 0.29) is 0 Å². The molecule has 2 aromatic rings. The maximum absolute atomic E-state index is 5.91. The molecule has 3 rings (SSSR count). The summed E-state index contributed by atoms with van der Waals surface area (Å²) in [5.41, 5.74) is 2.43. The van der Waals surface area contributed by atoms with Crippen molar-refractivity contribution < 1.29 is 0 Å². The Kier molecular flexibility index (Phi) is 5.52. The lowest BCUT2D eigenvalue weighted by atomic mass is 9.90. The first-order valence-electron chi connectivity index (χ1n) is 8.06. The molecular formula is C19H21ClN2S. The highest BCUT2D eigenvalue weighted by Crippen LogP contribution is 2.22. The predicted molar refractivity (Wildman–Crippen MR) is 102 cm³/mol. The van der Waals surface area contributed by atoms with Gasteiger partial charge in [0.25, 0.3) is 0 Å². The zero-order valence-corrected chi connectivity index (χ0v) is 14.6. The molecule has 0 amide bonds. The van der Waals surface area contributed by atoms with Crippen LogP contribution in [0.1, 0.15) is 18.4 Å². The molecule has 0 saturated carbocycles. The molecule has 4 heteroatoms. The Morgan fingerprint density at radius 2 is 1.70 bits per heavy atom. The largest absolute Gasteiger partial charge is 0.349 e. The van der Waals surface area contributed by atoms with Crippen molar-refractivity contribution in [3.63, 3.8) is 0 Å². The van der Waals surface area contributed by atoms with Gasteiger partial charge in [-0.15, -0.1) is 0 Å². The van der Waals surface area contributed by atoms with Crippen LogP contribution in [0, 0.1) is 5.92 Å². The van der Waals surface area contributed by atoms with Gasteiger partial charge in [-0.05, 0) is 67.2 Å². The van der Waals surface area contributed by atoms with Gasteiger partial charge in [-0.1, -0.05) is 41.9 Å². The number of nitrogens with one attached hydrogen (secondary N) is 1. The third-order valence-electron chi connectivity index (χ3n) is 4.36. The number of thiocarbonyl (C=S) groups is 1. The lowest BCUT2D eigenvalue weighted by Gasteiger charge is -2.34. The van der Waals surface area contributed by atoms with Gasteiger partial charge in [0.15, 0.2) is 5.11 Å². The predicted octanol–water partition coefficient (Wildman–Crippen LogP) is 4.99. The number of hydrogen-bond acceptors (Lipinski definition) is 1. The molecule has 23 heavy (non-hydrogen) atoms. The van der Waals surface area contributed by atoms with Crippen LogP contribution in [-0.4, -0.2) is 23.1 Å². The molecule has 0 spiro atoms. The Morgan fingerprint density at radius 1 is 1.04 bits per heavy atom. The third kappa shape index (κ3) is 4.69. The van der Waals surface area contributed by atoms with Crippen LogP contribution in [-0.2, 0) is 6.42 Å². The second-order valence-corrected chi connectivity index (χ2v) is 6.88. The summed E-state index contributed by atoms with van der Waals surface area (Å²) in [5.74, 6) is 0.756. The van der Waals surface area contributed by atoms with Crippen molar-refractivity contribution in [3.05, 3.63) is 65.2 Å². The highest BCUT2D eigenvalue weighted by Gasteiger charge is 2.21. The summed E-state index contributed by atoms with van der Waals surface area (Å²) in [4.78, 5) is 2.27. The molecule has 1 saturated heterocycles. The van der Waals surface area contributed by atoms with E-state index in [0.29, 0.717) is 0 Å². The highest BCUT2D eigenvalue weighted by atomic mass is 35.5. The van der Waals surface area contributed by atoms with E-state index in [2.05, 4.69) is 40.5 Å². The lowest BCUT2D eigenvalue weighted by Crippen LogP contribution is -2.41. The van der Waals surface area contributed by atoms with Gasteiger partial charge < -0.3 is 10.2 Å². The molecule has 0 bridgehead atoms. The zero-order chi connectivity index (χ0) is 16.1. The number of hydrogen-bond donors (Lipinski definition) is 1. The fourth-order valence-corrected chi connectivity index (χ4v) is 3.45. The quantitative estimate of drug-likeness (QED) is 0.789. The number of halogens is 1. The molecule has 120 valence electrons. The summed E-state index contributed by atoms with van der Waals surface area (Å²) in [5, 5.41) is 4.85. The maximum Gasteiger partial charge on any atom is 0.173 e. The van der Waals surface area contributed by atoms with Gasteiger partial charge in [-0.2, -0.15) is 0 Å². The van der Waals surface area contributed by atoms with Crippen molar-refractivity contribution in [2.75, 3.05) is 18.4 Å². The molecule has 2 aromatic carbocycles. The van der Waals surface area contributed by atoms with Crippen LogP contribution >= 0.6 is 23.8 Å². The second kappa shape index (κ2) is 7.80. The summed E-state index contributed by atoms with van der Waals surface area (Å²) in [7, 11) is 0. The number of likely N-dealkylation sites (tertiary alicyclic amines) is 1. The first kappa shape index (κ1) is 16.3. The van der Waals surface area contributed by atoms with Gasteiger partial charge in [0.1, 0.15) is 0 Å². The van der Waals surface area contributed by atoms with Crippen LogP contribution in [0.5, 0.6) is 0 Å². The van der Waals surface area contributed by atoms with Gasteiger partial charge in [0, 0.05) is 23.8 Å². The number of piperidine rings is 1. The van der Waals surface area contributed by atoms with Gasteiger partial charge in [-0.3, -0.25) is 0 Å². The van der Waals surface area contributed by atoms with Crippen LogP contribution in [0.15, 0.2) is 54.6 Å². The monoisotopic (exact) mass is 344 g/mol. The minimum atomic E-state index is 0.739. The second-order valence-electron chi connectivity index (χ2n) is 6.06. The van der Waals surface area contributed by atoms with Gasteiger partial charge in [0.05, 0.1) is 0 Å². The van der Waals surface area contributed by atoms with Crippen molar-refractivity contribution in [2.45, 2.75) is 19.3 Å². The Labute approximate surface area is 148 Å². The molecular weight excluding hydrogens is 324 g/mol. The molecule has 1 aliphatic heterocycles. The lowest BCUT2D eigenvalue weighted by molar-refractivity contribution is 0.268. The van der Waals surface area contributed by atoms with Crippen LogP contribution in [0.4, 0.5) is 5.69 Å². The van der Waals surface area contributed by atoms with Crippen LogP contribution < -0.4 is 5.32 Å². The average Bonchev–Trinajstić information content (AvgIpc) is 2.58. The molecule has 1 fully saturated rings. The van der Waals surface area contributed by atoms with E-state index in [1.165, 1.54) is 24.8 Å². The van der Waals surface area contributed by atoms with Crippen molar-refractivity contribution in [1.82, 2.24) is 4.90 Å². The van der Waals surface area contributed by atoms with Crippen molar-refractivity contribution in [2.24, 2.45) is 5.92 Å². The summed E-state index contributed by atoms with van der Waals surface area (Å²) >= 11 is 11.4. The van der Waals surface area contributed by atoms with Gasteiger partial charge >= 0.3 is 0 Å². The minimum Gasteiger partial charge on any atom is -0.349 e. The van der Waals surface area contributed by atoms with Crippen molar-refractivity contribution in [3.8, 4) is 0 Å². The van der Waals surface area contributed by atoms with E-state index < -0.39 is 0 Å². The standard InChI is InChI=1S/C19H21ClN2S/c20-17-6-8-18(9-7-17)21-19(23)22-12-10-16(11-13-22)14-15-4-2-1-3-5-15/h1-9,16H,10-14H2,(H,21,23). The van der Waals surface area contributed by atoms with E-state index in [1.807, 2.05) is 24.3 Å².